The summed E-state index contributed by atoms with van der Waals surface area (Å²) in [6.45, 7) is 0.610. The monoisotopic (exact) mass is 410 g/mol. The van der Waals surface area contributed by atoms with E-state index in [4.69, 9.17) is 5.26 Å². The van der Waals surface area contributed by atoms with E-state index in [1.165, 1.54) is 18.5 Å². The zero-order chi connectivity index (χ0) is 21.7. The van der Waals surface area contributed by atoms with Gasteiger partial charge in [0.25, 0.3) is 11.8 Å². The predicted octanol–water partition coefficient (Wildman–Crippen LogP) is 3.13. The molecule has 1 aromatic heterocycles. The van der Waals surface area contributed by atoms with E-state index >= 15 is 0 Å². The molecule has 30 heavy (non-hydrogen) atoms. The van der Waals surface area contributed by atoms with Crippen LogP contribution in [0.1, 0.15) is 34.8 Å². The summed E-state index contributed by atoms with van der Waals surface area (Å²) >= 11 is 0. The van der Waals surface area contributed by atoms with E-state index in [2.05, 4.69) is 10.3 Å². The fraction of sp³-hybridized carbons (Fsp3) is 0.273. The minimum Gasteiger partial charge on any atom is -0.343 e. The fourth-order valence-electron chi connectivity index (χ4n) is 3.29. The number of allylic oxidation sites excluding steroid dienone is 1. The minimum atomic E-state index is -3.10. The van der Waals surface area contributed by atoms with Crippen LogP contribution in [0.3, 0.4) is 0 Å². The number of halogens is 2. The normalized spacial score (nSPS) is 18.0. The molecule has 0 spiro atoms. The number of likely N-dealkylation sites (tertiary alicyclic amines) is 1. The van der Waals surface area contributed by atoms with Crippen LogP contribution in [-0.2, 0) is 4.79 Å². The molecule has 2 aromatic rings. The molecule has 0 aliphatic carbocycles. The molecule has 1 aromatic carbocycles. The van der Waals surface area contributed by atoms with Gasteiger partial charge in [0.15, 0.2) is 0 Å². The molecule has 3 rings (SSSR count). The number of pyridine rings is 1. The third kappa shape index (κ3) is 4.87. The van der Waals surface area contributed by atoms with E-state index in [0.29, 0.717) is 11.1 Å². The molecule has 1 aliphatic heterocycles. The Morgan fingerprint density at radius 3 is 2.77 bits per heavy atom. The molecule has 2 amide bonds. The summed E-state index contributed by atoms with van der Waals surface area (Å²) in [5.41, 5.74) is 2.77. The molecular weight excluding hydrogens is 390 g/mol. The van der Waals surface area contributed by atoms with Gasteiger partial charge < -0.3 is 10.2 Å². The highest BCUT2D eigenvalue weighted by Gasteiger charge is 2.47. The van der Waals surface area contributed by atoms with Crippen molar-refractivity contribution in [1.82, 2.24) is 15.2 Å². The van der Waals surface area contributed by atoms with Crippen LogP contribution in [0.4, 0.5) is 8.78 Å². The number of carbonyl (C=O) groups excluding carboxylic acids is 2. The number of aromatic nitrogens is 1. The Balaban J connectivity index is 1.71. The summed E-state index contributed by atoms with van der Waals surface area (Å²) < 4.78 is 27.0. The Bertz CT molecular complexity index is 1020. The molecule has 6 nitrogen and oxygen atoms in total. The van der Waals surface area contributed by atoms with Crippen molar-refractivity contribution >= 4 is 23.5 Å². The molecule has 1 unspecified atom stereocenters. The van der Waals surface area contributed by atoms with Crippen LogP contribution in [0.2, 0.25) is 0 Å². The van der Waals surface area contributed by atoms with Gasteiger partial charge in [-0.05, 0) is 30.2 Å². The van der Waals surface area contributed by atoms with Crippen molar-refractivity contribution in [3.63, 3.8) is 0 Å². The van der Waals surface area contributed by atoms with Gasteiger partial charge in [0.2, 0.25) is 5.91 Å². The Kier molecular flexibility index (Phi) is 6.21. The smallest absolute Gasteiger partial charge is 0.268 e. The van der Waals surface area contributed by atoms with Crippen molar-refractivity contribution in [2.45, 2.75) is 25.3 Å². The standard InChI is InChI=1S/C22H20F2N4O2/c1-15(16-5-3-2-4-6-16)9-17-12-26-8-7-19(17)21(30)27-13-20(29)28-14-22(23,24)10-18(28)11-25/h2-9,12,18H,10,13-14H2,1H3,(H,27,30)/b15-9+. The maximum atomic E-state index is 13.5. The Hall–Kier alpha value is -3.60. The van der Waals surface area contributed by atoms with Gasteiger partial charge in [-0.15, -0.1) is 0 Å². The lowest BCUT2D eigenvalue weighted by Gasteiger charge is -2.19. The van der Waals surface area contributed by atoms with Crippen molar-refractivity contribution in [2.75, 3.05) is 13.1 Å². The predicted molar refractivity (Wildman–Crippen MR) is 107 cm³/mol. The number of hydrogen-bond acceptors (Lipinski definition) is 4. The summed E-state index contributed by atoms with van der Waals surface area (Å²) in [6.07, 6.45) is 4.11. The lowest BCUT2D eigenvalue weighted by Crippen LogP contribution is -2.43. The first-order valence-corrected chi connectivity index (χ1v) is 9.33. The largest absolute Gasteiger partial charge is 0.343 e. The van der Waals surface area contributed by atoms with E-state index in [1.807, 2.05) is 43.3 Å². The summed E-state index contributed by atoms with van der Waals surface area (Å²) in [5, 5.41) is 11.5. The number of carbonyl (C=O) groups is 2. The van der Waals surface area contributed by atoms with Gasteiger partial charge in [0.05, 0.1) is 19.2 Å². The van der Waals surface area contributed by atoms with Gasteiger partial charge in [0.1, 0.15) is 6.04 Å². The quantitative estimate of drug-likeness (QED) is 0.821. The van der Waals surface area contributed by atoms with Crippen LogP contribution in [0, 0.1) is 11.3 Å². The van der Waals surface area contributed by atoms with Crippen LogP contribution in [0.15, 0.2) is 48.8 Å². The van der Waals surface area contributed by atoms with E-state index in [1.54, 1.807) is 6.07 Å². The van der Waals surface area contributed by atoms with Gasteiger partial charge in [-0.1, -0.05) is 30.3 Å². The second-order valence-corrected chi connectivity index (χ2v) is 7.07. The highest BCUT2D eigenvalue weighted by Crippen LogP contribution is 2.31. The van der Waals surface area contributed by atoms with E-state index in [9.17, 15) is 18.4 Å². The van der Waals surface area contributed by atoms with Crippen LogP contribution >= 0.6 is 0 Å². The molecule has 1 atom stereocenters. The zero-order valence-corrected chi connectivity index (χ0v) is 16.3. The number of benzene rings is 1. The number of nitrogens with one attached hydrogen (secondary N) is 1. The summed E-state index contributed by atoms with van der Waals surface area (Å²) in [7, 11) is 0. The molecule has 1 aliphatic rings. The number of nitrogens with zero attached hydrogens (tertiary/aromatic N) is 3. The van der Waals surface area contributed by atoms with Gasteiger partial charge >= 0.3 is 0 Å². The molecule has 0 bridgehead atoms. The Morgan fingerprint density at radius 1 is 1.33 bits per heavy atom. The minimum absolute atomic E-state index is 0.302. The SMILES string of the molecule is C/C(=C\c1cnccc1C(=O)NCC(=O)N1CC(F)(F)CC1C#N)c1ccccc1. The first-order chi connectivity index (χ1) is 14.3. The van der Waals surface area contributed by atoms with Crippen molar-refractivity contribution in [3.05, 3.63) is 65.5 Å². The zero-order valence-electron chi connectivity index (χ0n) is 16.3. The Labute approximate surface area is 172 Å². The van der Waals surface area contributed by atoms with Crippen LogP contribution < -0.4 is 5.32 Å². The first-order valence-electron chi connectivity index (χ1n) is 9.33. The maximum absolute atomic E-state index is 13.5. The van der Waals surface area contributed by atoms with Crippen LogP contribution in [-0.4, -0.2) is 46.8 Å². The van der Waals surface area contributed by atoms with Crippen molar-refractivity contribution in [3.8, 4) is 6.07 Å². The molecule has 0 saturated carbocycles. The van der Waals surface area contributed by atoms with E-state index in [0.717, 1.165) is 16.0 Å². The third-order valence-electron chi connectivity index (χ3n) is 4.84. The van der Waals surface area contributed by atoms with Crippen molar-refractivity contribution in [2.24, 2.45) is 0 Å². The molecule has 1 N–H and O–H groups in total. The number of rotatable bonds is 5. The summed E-state index contributed by atoms with van der Waals surface area (Å²) in [5.74, 6) is -4.35. The number of alkyl halides is 2. The van der Waals surface area contributed by atoms with Gasteiger partial charge in [-0.3, -0.25) is 14.6 Å². The molecule has 1 saturated heterocycles. The van der Waals surface area contributed by atoms with Crippen LogP contribution in [0.25, 0.3) is 11.6 Å². The Morgan fingerprint density at radius 2 is 2.07 bits per heavy atom. The van der Waals surface area contributed by atoms with Gasteiger partial charge in [0, 0.05) is 29.9 Å². The summed E-state index contributed by atoms with van der Waals surface area (Å²) in [6, 6.07) is 11.6. The molecule has 8 heteroatoms. The number of nitriles is 1. The maximum Gasteiger partial charge on any atom is 0.268 e. The lowest BCUT2D eigenvalue weighted by atomic mass is 10.0. The van der Waals surface area contributed by atoms with Crippen molar-refractivity contribution in [1.29, 1.82) is 5.26 Å². The molecule has 154 valence electrons. The molecule has 2 heterocycles. The average Bonchev–Trinajstić information content (AvgIpc) is 3.07. The van der Waals surface area contributed by atoms with Crippen LogP contribution in [0.5, 0.6) is 0 Å². The van der Waals surface area contributed by atoms with Crippen molar-refractivity contribution < 1.29 is 18.4 Å². The highest BCUT2D eigenvalue weighted by atomic mass is 19.3. The highest BCUT2D eigenvalue weighted by molar-refractivity contribution is 6.00. The van der Waals surface area contributed by atoms with Gasteiger partial charge in [-0.2, -0.15) is 5.26 Å². The molecule has 1 fully saturated rings. The summed E-state index contributed by atoms with van der Waals surface area (Å²) in [4.78, 5) is 29.8. The second kappa shape index (κ2) is 8.82. The fourth-order valence-corrected chi connectivity index (χ4v) is 3.29. The van der Waals surface area contributed by atoms with E-state index in [-0.39, 0.29) is 0 Å². The number of amides is 2. The lowest BCUT2D eigenvalue weighted by molar-refractivity contribution is -0.131. The third-order valence-corrected chi connectivity index (χ3v) is 4.84. The second-order valence-electron chi connectivity index (χ2n) is 7.07. The van der Waals surface area contributed by atoms with Gasteiger partial charge in [-0.25, -0.2) is 8.78 Å². The molecular formula is C22H20F2N4O2. The topological polar surface area (TPSA) is 86.1 Å². The number of hydrogen-bond donors (Lipinski definition) is 1. The van der Waals surface area contributed by atoms with E-state index < -0.39 is 43.3 Å². The molecule has 0 radical (unpaired) electrons. The average molecular weight is 410 g/mol. The first kappa shape index (κ1) is 21.1.